The maximum absolute atomic E-state index is 11.0. The summed E-state index contributed by atoms with van der Waals surface area (Å²) in [5.74, 6) is -0.783. The number of nitrogens with zero attached hydrogens (tertiary/aromatic N) is 1. The van der Waals surface area contributed by atoms with Crippen LogP contribution in [0, 0.1) is 22.5 Å². The molecule has 0 aliphatic heterocycles. The molecule has 0 radical (unpaired) electrons. The summed E-state index contributed by atoms with van der Waals surface area (Å²) < 4.78 is 0. The zero-order valence-corrected chi connectivity index (χ0v) is 9.97. The zero-order chi connectivity index (χ0) is 13.3. The number of hydrogen-bond acceptors (Lipinski definition) is 4. The Morgan fingerprint density at radius 1 is 1.56 bits per heavy atom. The summed E-state index contributed by atoms with van der Waals surface area (Å²) in [5.41, 5.74) is 0.879. The van der Waals surface area contributed by atoms with Crippen molar-refractivity contribution in [1.82, 2.24) is 0 Å². The fraction of sp³-hybridized carbons (Fsp3) is 0.417. The molecule has 2 rings (SSSR count). The van der Waals surface area contributed by atoms with Gasteiger partial charge in [0.2, 0.25) is 0 Å². The molecule has 6 heteroatoms. The van der Waals surface area contributed by atoms with Gasteiger partial charge in [-0.05, 0) is 31.4 Å². The maximum Gasteiger partial charge on any atom is 0.311 e. The summed E-state index contributed by atoms with van der Waals surface area (Å²) in [6.07, 6.45) is 1.36. The van der Waals surface area contributed by atoms with E-state index in [2.05, 4.69) is 5.32 Å². The van der Waals surface area contributed by atoms with Crippen molar-refractivity contribution >= 4 is 17.3 Å². The molecule has 6 nitrogen and oxygen atoms in total. The van der Waals surface area contributed by atoms with Crippen LogP contribution in [0.1, 0.15) is 18.4 Å². The van der Waals surface area contributed by atoms with Gasteiger partial charge in [0.05, 0.1) is 10.3 Å². The van der Waals surface area contributed by atoms with Crippen LogP contribution in [0.25, 0.3) is 0 Å². The van der Waals surface area contributed by atoms with Crippen LogP contribution in [0.2, 0.25) is 0 Å². The molecule has 0 saturated heterocycles. The molecular formula is C12H14N2O4. The van der Waals surface area contributed by atoms with E-state index in [9.17, 15) is 14.9 Å². The van der Waals surface area contributed by atoms with Gasteiger partial charge < -0.3 is 10.4 Å². The van der Waals surface area contributed by atoms with E-state index in [0.717, 1.165) is 11.3 Å². The van der Waals surface area contributed by atoms with Crippen LogP contribution in [0.4, 0.5) is 11.4 Å². The van der Waals surface area contributed by atoms with E-state index in [1.54, 1.807) is 13.0 Å². The van der Waals surface area contributed by atoms with Gasteiger partial charge in [-0.2, -0.15) is 0 Å². The normalized spacial score (nSPS) is 16.1. The van der Waals surface area contributed by atoms with Crippen molar-refractivity contribution in [3.05, 3.63) is 33.9 Å². The van der Waals surface area contributed by atoms with E-state index in [4.69, 9.17) is 5.11 Å². The Kier molecular flexibility index (Phi) is 2.94. The topological polar surface area (TPSA) is 92.5 Å². The van der Waals surface area contributed by atoms with Gasteiger partial charge in [-0.15, -0.1) is 0 Å². The number of benzene rings is 1. The number of nitro benzene ring substituents is 1. The molecule has 18 heavy (non-hydrogen) atoms. The second-order valence-electron chi connectivity index (χ2n) is 4.70. The van der Waals surface area contributed by atoms with E-state index in [0.29, 0.717) is 19.4 Å². The molecule has 1 fully saturated rings. The molecule has 0 spiro atoms. The fourth-order valence-electron chi connectivity index (χ4n) is 1.84. The van der Waals surface area contributed by atoms with E-state index in [1.807, 2.05) is 0 Å². The smallest absolute Gasteiger partial charge is 0.311 e. The zero-order valence-electron chi connectivity index (χ0n) is 9.97. The number of carboxylic acid groups (broad SMARTS) is 1. The van der Waals surface area contributed by atoms with Gasteiger partial charge in [-0.1, -0.05) is 0 Å². The molecule has 0 amide bonds. The lowest BCUT2D eigenvalue weighted by Crippen LogP contribution is -2.24. The number of hydrogen-bond donors (Lipinski definition) is 2. The molecule has 96 valence electrons. The van der Waals surface area contributed by atoms with Crippen molar-refractivity contribution < 1.29 is 14.8 Å². The summed E-state index contributed by atoms with van der Waals surface area (Å²) in [4.78, 5) is 21.1. The number of nitro groups is 1. The highest BCUT2D eigenvalue weighted by Crippen LogP contribution is 2.45. The van der Waals surface area contributed by atoms with Crippen molar-refractivity contribution in [2.75, 3.05) is 11.9 Å². The van der Waals surface area contributed by atoms with Crippen LogP contribution in [0.15, 0.2) is 18.2 Å². The average Bonchev–Trinajstić information content (AvgIpc) is 3.08. The number of rotatable bonds is 5. The van der Waals surface area contributed by atoms with Crippen molar-refractivity contribution in [2.24, 2.45) is 5.41 Å². The first kappa shape index (κ1) is 12.3. The number of carboxylic acids is 1. The third-order valence-electron chi connectivity index (χ3n) is 3.35. The highest BCUT2D eigenvalue weighted by atomic mass is 16.6. The molecule has 2 N–H and O–H groups in total. The van der Waals surface area contributed by atoms with Gasteiger partial charge in [0.1, 0.15) is 0 Å². The van der Waals surface area contributed by atoms with Crippen molar-refractivity contribution in [3.8, 4) is 0 Å². The van der Waals surface area contributed by atoms with Gasteiger partial charge in [-0.3, -0.25) is 14.9 Å². The minimum absolute atomic E-state index is 0.0393. The number of aliphatic carboxylic acids is 1. The van der Waals surface area contributed by atoms with Crippen LogP contribution in [-0.4, -0.2) is 22.5 Å². The van der Waals surface area contributed by atoms with Crippen molar-refractivity contribution in [1.29, 1.82) is 0 Å². The predicted molar refractivity (Wildman–Crippen MR) is 65.6 cm³/mol. The highest BCUT2D eigenvalue weighted by Gasteiger charge is 2.50. The quantitative estimate of drug-likeness (QED) is 0.617. The number of non-ortho nitro benzene ring substituents is 1. The van der Waals surface area contributed by atoms with Crippen LogP contribution >= 0.6 is 0 Å². The number of nitrogens with one attached hydrogen (secondary N) is 1. The number of aryl methyl sites for hydroxylation is 1. The molecule has 0 unspecified atom stereocenters. The van der Waals surface area contributed by atoms with Crippen molar-refractivity contribution in [3.63, 3.8) is 0 Å². The Labute approximate surface area is 104 Å². The fourth-order valence-corrected chi connectivity index (χ4v) is 1.84. The molecule has 0 aromatic heterocycles. The molecule has 1 saturated carbocycles. The van der Waals surface area contributed by atoms with Crippen molar-refractivity contribution in [2.45, 2.75) is 19.8 Å². The van der Waals surface area contributed by atoms with E-state index in [-0.39, 0.29) is 5.69 Å². The number of anilines is 1. The SMILES string of the molecule is Cc1cc([N+](=O)[O-])ccc1NCC1(C(=O)O)CC1. The standard InChI is InChI=1S/C12H14N2O4/c1-8-6-9(14(17)18)2-3-10(8)13-7-12(4-5-12)11(15)16/h2-3,6,13H,4-5,7H2,1H3,(H,15,16). The first-order valence-electron chi connectivity index (χ1n) is 5.67. The van der Waals surface area contributed by atoms with E-state index < -0.39 is 16.3 Å². The van der Waals surface area contributed by atoms with Crippen LogP contribution in [-0.2, 0) is 4.79 Å². The molecule has 1 aromatic rings. The molecule has 1 aliphatic rings. The summed E-state index contributed by atoms with van der Waals surface area (Å²) in [6.45, 7) is 2.12. The summed E-state index contributed by atoms with van der Waals surface area (Å²) in [5, 5.41) is 22.7. The Morgan fingerprint density at radius 3 is 2.67 bits per heavy atom. The molecule has 0 atom stereocenters. The molecule has 1 aliphatic carbocycles. The van der Waals surface area contributed by atoms with Crippen LogP contribution < -0.4 is 5.32 Å². The summed E-state index contributed by atoms with van der Waals surface area (Å²) >= 11 is 0. The van der Waals surface area contributed by atoms with Gasteiger partial charge >= 0.3 is 5.97 Å². The summed E-state index contributed by atoms with van der Waals surface area (Å²) in [7, 11) is 0. The largest absolute Gasteiger partial charge is 0.481 e. The second-order valence-corrected chi connectivity index (χ2v) is 4.70. The number of carbonyl (C=O) groups is 1. The van der Waals surface area contributed by atoms with Gasteiger partial charge in [0.25, 0.3) is 5.69 Å². The minimum atomic E-state index is -0.783. The average molecular weight is 250 g/mol. The third-order valence-corrected chi connectivity index (χ3v) is 3.35. The maximum atomic E-state index is 11.0. The Balaban J connectivity index is 2.07. The summed E-state index contributed by atoms with van der Waals surface area (Å²) in [6, 6.07) is 4.50. The Hall–Kier alpha value is -2.11. The lowest BCUT2D eigenvalue weighted by molar-refractivity contribution is -0.384. The molecule has 0 bridgehead atoms. The van der Waals surface area contributed by atoms with Gasteiger partial charge in [-0.25, -0.2) is 0 Å². The predicted octanol–water partition coefficient (Wildman–Crippen LogP) is 2.18. The van der Waals surface area contributed by atoms with Gasteiger partial charge in [0.15, 0.2) is 0 Å². The lowest BCUT2D eigenvalue weighted by Gasteiger charge is -2.13. The first-order valence-corrected chi connectivity index (χ1v) is 5.67. The first-order chi connectivity index (χ1) is 8.44. The molecule has 1 aromatic carbocycles. The Morgan fingerprint density at radius 2 is 2.22 bits per heavy atom. The monoisotopic (exact) mass is 250 g/mol. The van der Waals surface area contributed by atoms with Gasteiger partial charge in [0, 0.05) is 24.4 Å². The third kappa shape index (κ3) is 2.27. The van der Waals surface area contributed by atoms with Crippen LogP contribution in [0.3, 0.4) is 0 Å². The Bertz CT molecular complexity index is 509. The molecular weight excluding hydrogens is 236 g/mol. The van der Waals surface area contributed by atoms with E-state index in [1.165, 1.54) is 12.1 Å². The van der Waals surface area contributed by atoms with Crippen LogP contribution in [0.5, 0.6) is 0 Å². The minimum Gasteiger partial charge on any atom is -0.481 e. The second kappa shape index (κ2) is 4.29. The highest BCUT2D eigenvalue weighted by molar-refractivity contribution is 5.78. The lowest BCUT2D eigenvalue weighted by atomic mass is 10.1. The van der Waals surface area contributed by atoms with E-state index >= 15 is 0 Å². The molecule has 0 heterocycles.